The molecule has 20 heavy (non-hydrogen) atoms. The summed E-state index contributed by atoms with van der Waals surface area (Å²) in [7, 11) is 6.55. The van der Waals surface area contributed by atoms with Gasteiger partial charge < -0.3 is 15.1 Å². The van der Waals surface area contributed by atoms with Crippen molar-refractivity contribution in [3.05, 3.63) is 23.9 Å². The minimum atomic E-state index is 0.341. The lowest BCUT2D eigenvalue weighted by atomic mass is 9.75. The first kappa shape index (κ1) is 15.3. The van der Waals surface area contributed by atoms with E-state index in [4.69, 9.17) is 4.98 Å². The van der Waals surface area contributed by atoms with Gasteiger partial charge in [-0.05, 0) is 52.0 Å². The minimum absolute atomic E-state index is 0.341. The second-order valence-electron chi connectivity index (χ2n) is 6.10. The van der Waals surface area contributed by atoms with Gasteiger partial charge in [-0.25, -0.2) is 4.98 Å². The lowest BCUT2D eigenvalue weighted by molar-refractivity contribution is 0.0682. The molecule has 2 rings (SSSR count). The topological polar surface area (TPSA) is 31.4 Å². The van der Waals surface area contributed by atoms with Crippen LogP contribution in [-0.4, -0.2) is 49.7 Å². The number of rotatable bonds is 7. The standard InChI is InChI=1S/C16H28N4/c1-5-17-12-14-8-6-9-15(18-14)20(4)13-16(19(2)3)10-7-11-16/h6,8-9,17H,5,7,10-13H2,1-4H3. The van der Waals surface area contributed by atoms with Crippen LogP contribution in [0.15, 0.2) is 18.2 Å². The summed E-state index contributed by atoms with van der Waals surface area (Å²) in [6.45, 7) is 4.99. The molecule has 4 heteroatoms. The zero-order valence-electron chi connectivity index (χ0n) is 13.3. The molecule has 0 aromatic carbocycles. The number of nitrogens with zero attached hydrogens (tertiary/aromatic N) is 3. The zero-order chi connectivity index (χ0) is 14.6. The first-order valence-corrected chi connectivity index (χ1v) is 7.62. The molecule has 0 bridgehead atoms. The normalized spacial score (nSPS) is 17.1. The van der Waals surface area contributed by atoms with Crippen LogP contribution < -0.4 is 10.2 Å². The Morgan fingerprint density at radius 2 is 2.00 bits per heavy atom. The summed E-state index contributed by atoms with van der Waals surface area (Å²) in [4.78, 5) is 9.44. The molecule has 1 fully saturated rings. The van der Waals surface area contributed by atoms with Crippen molar-refractivity contribution < 1.29 is 0 Å². The van der Waals surface area contributed by atoms with Gasteiger partial charge in [0.15, 0.2) is 0 Å². The van der Waals surface area contributed by atoms with Gasteiger partial charge in [-0.2, -0.15) is 0 Å². The second kappa shape index (κ2) is 6.55. The second-order valence-corrected chi connectivity index (χ2v) is 6.10. The van der Waals surface area contributed by atoms with E-state index in [0.29, 0.717) is 5.54 Å². The third kappa shape index (κ3) is 3.30. The molecule has 1 aromatic heterocycles. The predicted molar refractivity (Wildman–Crippen MR) is 85.2 cm³/mol. The van der Waals surface area contributed by atoms with Crippen LogP contribution in [0.3, 0.4) is 0 Å². The Bertz CT molecular complexity index is 426. The first-order chi connectivity index (χ1) is 9.57. The maximum atomic E-state index is 4.76. The molecule has 0 aliphatic heterocycles. The molecule has 0 spiro atoms. The van der Waals surface area contributed by atoms with Crippen molar-refractivity contribution in [1.29, 1.82) is 0 Å². The van der Waals surface area contributed by atoms with Crippen molar-refractivity contribution >= 4 is 5.82 Å². The van der Waals surface area contributed by atoms with E-state index in [-0.39, 0.29) is 0 Å². The van der Waals surface area contributed by atoms with Gasteiger partial charge >= 0.3 is 0 Å². The summed E-state index contributed by atoms with van der Waals surface area (Å²) < 4.78 is 0. The van der Waals surface area contributed by atoms with Gasteiger partial charge in [0, 0.05) is 25.7 Å². The Kier molecular flexibility index (Phi) is 5.00. The highest BCUT2D eigenvalue weighted by Gasteiger charge is 2.40. The summed E-state index contributed by atoms with van der Waals surface area (Å²) in [6.07, 6.45) is 3.93. The molecule has 0 atom stereocenters. The molecule has 0 saturated heterocycles. The van der Waals surface area contributed by atoms with Crippen molar-refractivity contribution in [3.63, 3.8) is 0 Å². The van der Waals surface area contributed by atoms with Crippen LogP contribution in [0.2, 0.25) is 0 Å². The van der Waals surface area contributed by atoms with E-state index in [9.17, 15) is 0 Å². The summed E-state index contributed by atoms with van der Waals surface area (Å²) in [5.74, 6) is 1.08. The average molecular weight is 276 g/mol. The fraction of sp³-hybridized carbons (Fsp3) is 0.688. The molecular weight excluding hydrogens is 248 g/mol. The summed E-state index contributed by atoms with van der Waals surface area (Å²) in [6, 6.07) is 6.30. The van der Waals surface area contributed by atoms with Crippen molar-refractivity contribution in [1.82, 2.24) is 15.2 Å². The van der Waals surface area contributed by atoms with E-state index in [1.165, 1.54) is 19.3 Å². The molecule has 112 valence electrons. The monoisotopic (exact) mass is 276 g/mol. The van der Waals surface area contributed by atoms with Gasteiger partial charge in [-0.1, -0.05) is 13.0 Å². The molecule has 1 heterocycles. The van der Waals surface area contributed by atoms with Crippen LogP contribution in [0.5, 0.6) is 0 Å². The molecule has 1 N–H and O–H groups in total. The van der Waals surface area contributed by atoms with Crippen LogP contribution in [0.25, 0.3) is 0 Å². The van der Waals surface area contributed by atoms with Crippen molar-refractivity contribution in [3.8, 4) is 0 Å². The highest BCUT2D eigenvalue weighted by molar-refractivity contribution is 5.39. The smallest absolute Gasteiger partial charge is 0.128 e. The molecular formula is C16H28N4. The molecule has 4 nitrogen and oxygen atoms in total. The number of anilines is 1. The molecule has 0 unspecified atom stereocenters. The summed E-state index contributed by atoms with van der Waals surface area (Å²) in [5, 5.41) is 3.33. The predicted octanol–water partition coefficient (Wildman–Crippen LogP) is 2.11. The maximum Gasteiger partial charge on any atom is 0.128 e. The Balaban J connectivity index is 2.03. The minimum Gasteiger partial charge on any atom is -0.358 e. The maximum absolute atomic E-state index is 4.76. The van der Waals surface area contributed by atoms with E-state index >= 15 is 0 Å². The fourth-order valence-electron chi connectivity index (χ4n) is 2.89. The molecule has 0 radical (unpaired) electrons. The van der Waals surface area contributed by atoms with Gasteiger partial charge in [0.1, 0.15) is 5.82 Å². The van der Waals surface area contributed by atoms with E-state index in [0.717, 1.165) is 31.1 Å². The third-order valence-corrected chi connectivity index (χ3v) is 4.50. The fourth-order valence-corrected chi connectivity index (χ4v) is 2.89. The van der Waals surface area contributed by atoms with Crippen LogP contribution in [-0.2, 0) is 6.54 Å². The number of likely N-dealkylation sites (N-methyl/N-ethyl adjacent to an activating group) is 2. The van der Waals surface area contributed by atoms with Gasteiger partial charge in [0.2, 0.25) is 0 Å². The van der Waals surface area contributed by atoms with Crippen LogP contribution in [0.4, 0.5) is 5.82 Å². The number of hydrogen-bond acceptors (Lipinski definition) is 4. The van der Waals surface area contributed by atoms with Crippen molar-refractivity contribution in [2.24, 2.45) is 0 Å². The van der Waals surface area contributed by atoms with E-state index in [1.54, 1.807) is 0 Å². The molecule has 1 aliphatic carbocycles. The van der Waals surface area contributed by atoms with Crippen LogP contribution in [0.1, 0.15) is 31.9 Å². The average Bonchev–Trinajstić information content (AvgIpc) is 2.40. The highest BCUT2D eigenvalue weighted by atomic mass is 15.2. The SMILES string of the molecule is CCNCc1cccc(N(C)CC2(N(C)C)CCC2)n1. The Morgan fingerprint density at radius 1 is 1.25 bits per heavy atom. The van der Waals surface area contributed by atoms with Gasteiger partial charge in [-0.3, -0.25) is 0 Å². The summed E-state index contributed by atoms with van der Waals surface area (Å²) in [5.41, 5.74) is 1.46. The quantitative estimate of drug-likeness (QED) is 0.826. The number of aromatic nitrogens is 1. The Morgan fingerprint density at radius 3 is 2.55 bits per heavy atom. The van der Waals surface area contributed by atoms with E-state index in [1.807, 2.05) is 0 Å². The number of nitrogens with one attached hydrogen (secondary N) is 1. The zero-order valence-corrected chi connectivity index (χ0v) is 13.3. The van der Waals surface area contributed by atoms with E-state index < -0.39 is 0 Å². The van der Waals surface area contributed by atoms with Gasteiger partial charge in [0.05, 0.1) is 5.69 Å². The molecule has 0 amide bonds. The number of hydrogen-bond donors (Lipinski definition) is 1. The van der Waals surface area contributed by atoms with Crippen LogP contribution in [0, 0.1) is 0 Å². The Hall–Kier alpha value is -1.13. The molecule has 1 saturated carbocycles. The van der Waals surface area contributed by atoms with Gasteiger partial charge in [0.25, 0.3) is 0 Å². The highest BCUT2D eigenvalue weighted by Crippen LogP contribution is 2.37. The lowest BCUT2D eigenvalue weighted by Gasteiger charge is -2.49. The summed E-state index contributed by atoms with van der Waals surface area (Å²) >= 11 is 0. The Labute approximate surface area is 123 Å². The van der Waals surface area contributed by atoms with Crippen molar-refractivity contribution in [2.75, 3.05) is 39.1 Å². The first-order valence-electron chi connectivity index (χ1n) is 7.62. The van der Waals surface area contributed by atoms with E-state index in [2.05, 4.69) is 61.4 Å². The van der Waals surface area contributed by atoms with Crippen molar-refractivity contribution in [2.45, 2.75) is 38.3 Å². The largest absolute Gasteiger partial charge is 0.358 e. The third-order valence-electron chi connectivity index (χ3n) is 4.50. The molecule has 1 aromatic rings. The van der Waals surface area contributed by atoms with Gasteiger partial charge in [-0.15, -0.1) is 0 Å². The molecule has 1 aliphatic rings. The lowest BCUT2D eigenvalue weighted by Crippen LogP contribution is -2.56. The van der Waals surface area contributed by atoms with Crippen LogP contribution >= 0.6 is 0 Å². The number of pyridine rings is 1.